The Kier molecular flexibility index (Phi) is 7.80. The molecule has 0 spiro atoms. The topological polar surface area (TPSA) is 85.7 Å². The van der Waals surface area contributed by atoms with Crippen LogP contribution in [0.15, 0.2) is 54.7 Å². The third-order valence-corrected chi connectivity index (χ3v) is 6.09. The lowest BCUT2D eigenvalue weighted by molar-refractivity contribution is 0.0203. The zero-order valence-electron chi connectivity index (χ0n) is 21.7. The minimum Gasteiger partial charge on any atom is -0.492 e. The third-order valence-electron chi connectivity index (χ3n) is 6.09. The number of aromatic nitrogens is 2. The number of anilines is 1. The van der Waals surface area contributed by atoms with Crippen molar-refractivity contribution in [1.82, 2.24) is 14.7 Å². The largest absolute Gasteiger partial charge is 0.492 e. The van der Waals surface area contributed by atoms with Gasteiger partial charge >= 0.3 is 6.09 Å². The number of nitrogens with zero attached hydrogens (tertiary/aromatic N) is 3. The standard InChI is InChI=1S/C28H33FN4O4/c1-5-36-24-9-7-6-8-23(24)31-26(34)22-18-30-33(21-12-10-20(29)11-13-21)25(22)19-14-16-32(17-15-19)27(35)37-28(2,3)4/h6-13,18-19H,5,14-17H2,1-4H3,(H,31,34). The predicted molar refractivity (Wildman–Crippen MR) is 139 cm³/mol. The summed E-state index contributed by atoms with van der Waals surface area (Å²) in [5.41, 5.74) is 1.79. The molecule has 0 saturated carbocycles. The van der Waals surface area contributed by atoms with E-state index in [1.54, 1.807) is 33.8 Å². The lowest BCUT2D eigenvalue weighted by Crippen LogP contribution is -2.41. The number of carbonyl (C=O) groups is 2. The Balaban J connectivity index is 1.62. The summed E-state index contributed by atoms with van der Waals surface area (Å²) < 4.78 is 26.5. The summed E-state index contributed by atoms with van der Waals surface area (Å²) in [6.45, 7) is 8.85. The SMILES string of the molecule is CCOc1ccccc1NC(=O)c1cnn(-c2ccc(F)cc2)c1C1CCN(C(=O)OC(C)(C)C)CC1. The van der Waals surface area contributed by atoms with Gasteiger partial charge in [-0.2, -0.15) is 5.10 Å². The number of amides is 2. The molecule has 0 atom stereocenters. The smallest absolute Gasteiger partial charge is 0.410 e. The van der Waals surface area contributed by atoms with Crippen LogP contribution in [0.3, 0.4) is 0 Å². The van der Waals surface area contributed by atoms with Crippen LogP contribution in [0.1, 0.15) is 62.5 Å². The monoisotopic (exact) mass is 508 g/mol. The summed E-state index contributed by atoms with van der Waals surface area (Å²) in [6, 6.07) is 13.3. The summed E-state index contributed by atoms with van der Waals surface area (Å²) in [5, 5.41) is 7.47. The first-order valence-electron chi connectivity index (χ1n) is 12.5. The molecule has 1 aliphatic rings. The summed E-state index contributed by atoms with van der Waals surface area (Å²) in [6.07, 6.45) is 2.45. The van der Waals surface area contributed by atoms with Crippen LogP contribution in [0.25, 0.3) is 5.69 Å². The van der Waals surface area contributed by atoms with Gasteiger partial charge in [-0.25, -0.2) is 13.9 Å². The number of rotatable bonds is 6. The van der Waals surface area contributed by atoms with Gasteiger partial charge in [-0.1, -0.05) is 12.1 Å². The van der Waals surface area contributed by atoms with Gasteiger partial charge in [0.2, 0.25) is 0 Å². The van der Waals surface area contributed by atoms with Crippen molar-refractivity contribution < 1.29 is 23.5 Å². The number of ether oxygens (including phenoxy) is 2. The average molecular weight is 509 g/mol. The highest BCUT2D eigenvalue weighted by molar-refractivity contribution is 6.06. The zero-order chi connectivity index (χ0) is 26.6. The zero-order valence-corrected chi connectivity index (χ0v) is 21.7. The van der Waals surface area contributed by atoms with Gasteiger partial charge in [0, 0.05) is 19.0 Å². The Bertz CT molecular complexity index is 1240. The second kappa shape index (κ2) is 11.0. The molecule has 4 rings (SSSR count). The molecule has 1 aliphatic heterocycles. The maximum atomic E-state index is 13.6. The van der Waals surface area contributed by atoms with Crippen molar-refractivity contribution >= 4 is 17.7 Å². The lowest BCUT2D eigenvalue weighted by Gasteiger charge is -2.34. The van der Waals surface area contributed by atoms with Gasteiger partial charge in [-0.3, -0.25) is 4.79 Å². The number of likely N-dealkylation sites (tertiary alicyclic amines) is 1. The van der Waals surface area contributed by atoms with Gasteiger partial charge in [0.05, 0.1) is 35.4 Å². The summed E-state index contributed by atoms with van der Waals surface area (Å²) in [4.78, 5) is 27.8. The molecule has 0 aliphatic carbocycles. The van der Waals surface area contributed by atoms with E-state index in [1.165, 1.54) is 18.3 Å². The molecule has 2 aromatic carbocycles. The number of hydrogen-bond acceptors (Lipinski definition) is 5. The van der Waals surface area contributed by atoms with E-state index in [2.05, 4.69) is 10.4 Å². The van der Waals surface area contributed by atoms with Crippen molar-refractivity contribution in [2.75, 3.05) is 25.0 Å². The van der Waals surface area contributed by atoms with Crippen molar-refractivity contribution in [2.45, 2.75) is 52.1 Å². The van der Waals surface area contributed by atoms with E-state index in [4.69, 9.17) is 9.47 Å². The number of para-hydroxylation sites is 2. The van der Waals surface area contributed by atoms with Gasteiger partial charge in [-0.15, -0.1) is 0 Å². The number of benzene rings is 2. The quantitative estimate of drug-likeness (QED) is 0.456. The molecule has 2 amide bonds. The van der Waals surface area contributed by atoms with Crippen LogP contribution in [-0.2, 0) is 4.74 Å². The van der Waals surface area contributed by atoms with E-state index in [1.807, 2.05) is 39.8 Å². The molecule has 37 heavy (non-hydrogen) atoms. The van der Waals surface area contributed by atoms with E-state index in [0.717, 1.165) is 5.69 Å². The molecule has 1 saturated heterocycles. The van der Waals surface area contributed by atoms with Gasteiger partial charge in [0.25, 0.3) is 5.91 Å². The molecule has 2 heterocycles. The minimum absolute atomic E-state index is 0.0471. The summed E-state index contributed by atoms with van der Waals surface area (Å²) in [7, 11) is 0. The van der Waals surface area contributed by atoms with Gasteiger partial charge in [0.15, 0.2) is 0 Å². The van der Waals surface area contributed by atoms with E-state index in [0.29, 0.717) is 55.2 Å². The van der Waals surface area contributed by atoms with Gasteiger partial charge < -0.3 is 19.7 Å². The Morgan fingerprint density at radius 1 is 1.08 bits per heavy atom. The minimum atomic E-state index is -0.571. The first-order chi connectivity index (χ1) is 17.7. The van der Waals surface area contributed by atoms with Crippen LogP contribution in [0.5, 0.6) is 5.75 Å². The Morgan fingerprint density at radius 3 is 2.41 bits per heavy atom. The first kappa shape index (κ1) is 26.2. The number of halogens is 1. The van der Waals surface area contributed by atoms with Crippen molar-refractivity contribution in [3.05, 3.63) is 71.8 Å². The van der Waals surface area contributed by atoms with Crippen LogP contribution < -0.4 is 10.1 Å². The predicted octanol–water partition coefficient (Wildman–Crippen LogP) is 5.78. The average Bonchev–Trinajstić information content (AvgIpc) is 3.30. The molecule has 0 unspecified atom stereocenters. The van der Waals surface area contributed by atoms with Crippen LogP contribution in [-0.4, -0.2) is 52.0 Å². The van der Waals surface area contributed by atoms with E-state index < -0.39 is 5.60 Å². The Hall–Kier alpha value is -3.88. The molecule has 8 nitrogen and oxygen atoms in total. The third kappa shape index (κ3) is 6.28. The molecule has 1 aromatic heterocycles. The fourth-order valence-electron chi connectivity index (χ4n) is 4.42. The maximum absolute atomic E-state index is 13.6. The molecule has 196 valence electrons. The number of hydrogen-bond donors (Lipinski definition) is 1. The fraction of sp³-hybridized carbons (Fsp3) is 0.393. The Morgan fingerprint density at radius 2 is 1.76 bits per heavy atom. The number of carbonyl (C=O) groups excluding carboxylic acids is 2. The molecule has 1 N–H and O–H groups in total. The second-order valence-corrected chi connectivity index (χ2v) is 9.96. The highest BCUT2D eigenvalue weighted by Crippen LogP contribution is 2.34. The molecule has 1 fully saturated rings. The molecular formula is C28H33FN4O4. The highest BCUT2D eigenvalue weighted by Gasteiger charge is 2.32. The van der Waals surface area contributed by atoms with Crippen molar-refractivity contribution in [3.63, 3.8) is 0 Å². The highest BCUT2D eigenvalue weighted by atomic mass is 19.1. The van der Waals surface area contributed by atoms with E-state index in [-0.39, 0.29) is 23.7 Å². The van der Waals surface area contributed by atoms with Gasteiger partial charge in [-0.05, 0) is 76.9 Å². The summed E-state index contributed by atoms with van der Waals surface area (Å²) >= 11 is 0. The van der Waals surface area contributed by atoms with Crippen molar-refractivity contribution in [2.24, 2.45) is 0 Å². The van der Waals surface area contributed by atoms with Crippen LogP contribution in [0.4, 0.5) is 14.9 Å². The lowest BCUT2D eigenvalue weighted by atomic mass is 9.90. The van der Waals surface area contributed by atoms with Crippen molar-refractivity contribution in [1.29, 1.82) is 0 Å². The second-order valence-electron chi connectivity index (χ2n) is 9.96. The normalized spacial score (nSPS) is 14.4. The van der Waals surface area contributed by atoms with E-state index >= 15 is 0 Å². The van der Waals surface area contributed by atoms with Crippen LogP contribution in [0, 0.1) is 5.82 Å². The number of piperidine rings is 1. The molecule has 0 radical (unpaired) electrons. The number of nitrogens with one attached hydrogen (secondary N) is 1. The molecule has 9 heteroatoms. The van der Waals surface area contributed by atoms with E-state index in [9.17, 15) is 14.0 Å². The Labute approximate surface area is 216 Å². The fourth-order valence-corrected chi connectivity index (χ4v) is 4.42. The van der Waals surface area contributed by atoms with Gasteiger partial charge in [0.1, 0.15) is 17.2 Å². The molecule has 3 aromatic rings. The van der Waals surface area contributed by atoms with Crippen LogP contribution >= 0.6 is 0 Å². The summed E-state index contributed by atoms with van der Waals surface area (Å²) in [5.74, 6) is -0.135. The van der Waals surface area contributed by atoms with Crippen LogP contribution in [0.2, 0.25) is 0 Å². The first-order valence-corrected chi connectivity index (χ1v) is 12.5. The maximum Gasteiger partial charge on any atom is 0.410 e. The molecule has 0 bridgehead atoms. The van der Waals surface area contributed by atoms with Crippen molar-refractivity contribution in [3.8, 4) is 11.4 Å². The molecular weight excluding hydrogens is 475 g/mol.